The number of carbonyl (C=O) groups is 3. The van der Waals surface area contributed by atoms with Crippen LogP contribution in [0.5, 0.6) is 5.75 Å². The van der Waals surface area contributed by atoms with Crippen LogP contribution in [-0.2, 0) is 27.2 Å². The van der Waals surface area contributed by atoms with Crippen molar-refractivity contribution in [2.45, 2.75) is 31.7 Å². The molecule has 1 atom stereocenters. The van der Waals surface area contributed by atoms with Gasteiger partial charge in [0.05, 0.1) is 31.4 Å². The monoisotopic (exact) mass is 497 g/mol. The number of methoxy groups -OCH3 is 2. The van der Waals surface area contributed by atoms with Crippen LogP contribution in [0.4, 0.5) is 5.69 Å². The number of nitrogens with zero attached hydrogens (tertiary/aromatic N) is 1. The van der Waals surface area contributed by atoms with Crippen LogP contribution in [0.25, 0.3) is 5.76 Å². The average Bonchev–Trinajstić information content (AvgIpc) is 3.21. The van der Waals surface area contributed by atoms with E-state index < -0.39 is 23.7 Å². The predicted molar refractivity (Wildman–Crippen MR) is 139 cm³/mol. The van der Waals surface area contributed by atoms with E-state index in [-0.39, 0.29) is 11.3 Å². The molecule has 1 saturated heterocycles. The summed E-state index contributed by atoms with van der Waals surface area (Å²) < 4.78 is 10.3. The van der Waals surface area contributed by atoms with Crippen molar-refractivity contribution in [3.63, 3.8) is 0 Å². The van der Waals surface area contributed by atoms with Gasteiger partial charge in [-0.25, -0.2) is 4.79 Å². The Morgan fingerprint density at radius 3 is 2.27 bits per heavy atom. The molecule has 188 valence electrons. The first kappa shape index (κ1) is 24.3. The third-order valence-corrected chi connectivity index (χ3v) is 7.07. The highest BCUT2D eigenvalue weighted by Crippen LogP contribution is 2.45. The molecule has 0 saturated carbocycles. The van der Waals surface area contributed by atoms with Crippen LogP contribution in [0.15, 0.2) is 72.3 Å². The molecular formula is C30H27NO6. The summed E-state index contributed by atoms with van der Waals surface area (Å²) >= 11 is 0. The van der Waals surface area contributed by atoms with Gasteiger partial charge >= 0.3 is 5.97 Å². The fourth-order valence-electron chi connectivity index (χ4n) is 5.20. The van der Waals surface area contributed by atoms with Gasteiger partial charge in [-0.2, -0.15) is 0 Å². The van der Waals surface area contributed by atoms with E-state index in [0.717, 1.165) is 31.2 Å². The molecule has 37 heavy (non-hydrogen) atoms. The lowest BCUT2D eigenvalue weighted by Crippen LogP contribution is -2.29. The minimum Gasteiger partial charge on any atom is -0.507 e. The van der Waals surface area contributed by atoms with E-state index in [1.54, 1.807) is 42.5 Å². The molecule has 1 amide bonds. The van der Waals surface area contributed by atoms with Gasteiger partial charge in [0.15, 0.2) is 0 Å². The lowest BCUT2D eigenvalue weighted by atomic mass is 9.88. The molecule has 2 aliphatic rings. The third kappa shape index (κ3) is 4.27. The maximum Gasteiger partial charge on any atom is 0.337 e. The van der Waals surface area contributed by atoms with Crippen molar-refractivity contribution in [2.24, 2.45) is 0 Å². The summed E-state index contributed by atoms with van der Waals surface area (Å²) in [5.74, 6) is -1.83. The number of aliphatic hydroxyl groups excluding tert-OH is 1. The number of ketones is 1. The fourth-order valence-corrected chi connectivity index (χ4v) is 5.20. The van der Waals surface area contributed by atoms with E-state index in [0.29, 0.717) is 28.1 Å². The number of Topliss-reactive ketones (excluding diaryl/α,β-unsaturated/α-hetero) is 1. The van der Waals surface area contributed by atoms with Crippen molar-refractivity contribution in [3.05, 3.63) is 100 Å². The molecular weight excluding hydrogens is 470 g/mol. The summed E-state index contributed by atoms with van der Waals surface area (Å²) in [7, 11) is 2.80. The van der Waals surface area contributed by atoms with Gasteiger partial charge in [-0.1, -0.05) is 30.3 Å². The summed E-state index contributed by atoms with van der Waals surface area (Å²) in [5.41, 5.74) is 4.15. The van der Waals surface area contributed by atoms with Gasteiger partial charge in [0.25, 0.3) is 11.7 Å². The highest BCUT2D eigenvalue weighted by atomic mass is 16.5. The maximum atomic E-state index is 13.5. The molecule has 3 aromatic carbocycles. The summed E-state index contributed by atoms with van der Waals surface area (Å²) in [6.45, 7) is 0. The SMILES string of the molecule is COC(=O)c1ccc(N2C(=O)C(=O)/C(=C(/O)c3ccc4c(c3)CCCC4)C2c2ccccc2OC)cc1. The van der Waals surface area contributed by atoms with Gasteiger partial charge in [0.2, 0.25) is 0 Å². The van der Waals surface area contributed by atoms with E-state index in [9.17, 15) is 19.5 Å². The molecule has 0 bridgehead atoms. The van der Waals surface area contributed by atoms with Crippen molar-refractivity contribution >= 4 is 29.1 Å². The van der Waals surface area contributed by atoms with Crippen LogP contribution in [0, 0.1) is 0 Å². The summed E-state index contributed by atoms with van der Waals surface area (Å²) in [4.78, 5) is 40.2. The smallest absolute Gasteiger partial charge is 0.337 e. The number of ether oxygens (including phenoxy) is 2. The summed E-state index contributed by atoms with van der Waals surface area (Å²) in [5, 5.41) is 11.5. The van der Waals surface area contributed by atoms with Crippen LogP contribution in [0.3, 0.4) is 0 Å². The van der Waals surface area contributed by atoms with Gasteiger partial charge in [-0.15, -0.1) is 0 Å². The van der Waals surface area contributed by atoms with Crippen molar-refractivity contribution in [1.29, 1.82) is 0 Å². The lowest BCUT2D eigenvalue weighted by molar-refractivity contribution is -0.132. The summed E-state index contributed by atoms with van der Waals surface area (Å²) in [6, 6.07) is 18.1. The Labute approximate surface area is 214 Å². The zero-order valence-electron chi connectivity index (χ0n) is 20.7. The number of hydrogen-bond donors (Lipinski definition) is 1. The third-order valence-electron chi connectivity index (χ3n) is 7.07. The number of hydrogen-bond acceptors (Lipinski definition) is 6. The first-order valence-electron chi connectivity index (χ1n) is 12.2. The number of amides is 1. The molecule has 1 N–H and O–H groups in total. The van der Waals surface area contributed by atoms with Crippen LogP contribution in [0.2, 0.25) is 0 Å². The largest absolute Gasteiger partial charge is 0.507 e. The van der Waals surface area contributed by atoms with Crippen LogP contribution in [0.1, 0.15) is 51.5 Å². The van der Waals surface area contributed by atoms with Crippen molar-refractivity contribution < 1.29 is 29.0 Å². The van der Waals surface area contributed by atoms with E-state index in [2.05, 4.69) is 0 Å². The number of para-hydroxylation sites is 1. The first-order valence-corrected chi connectivity index (χ1v) is 12.2. The molecule has 1 aliphatic carbocycles. The number of aliphatic hydroxyl groups is 1. The zero-order valence-corrected chi connectivity index (χ0v) is 20.7. The number of aryl methyl sites for hydroxylation is 2. The number of rotatable bonds is 5. The minimum absolute atomic E-state index is 0.0118. The molecule has 7 nitrogen and oxygen atoms in total. The molecule has 0 aromatic heterocycles. The van der Waals surface area contributed by atoms with Crippen LogP contribution < -0.4 is 9.64 Å². The second kappa shape index (κ2) is 9.93. The highest BCUT2D eigenvalue weighted by Gasteiger charge is 2.48. The van der Waals surface area contributed by atoms with Gasteiger partial charge < -0.3 is 14.6 Å². The van der Waals surface area contributed by atoms with Gasteiger partial charge in [0.1, 0.15) is 11.5 Å². The number of fused-ring (bicyclic) bond motifs is 1. The highest BCUT2D eigenvalue weighted by molar-refractivity contribution is 6.51. The second-order valence-electron chi connectivity index (χ2n) is 9.14. The lowest BCUT2D eigenvalue weighted by Gasteiger charge is -2.27. The Morgan fingerprint density at radius 1 is 0.892 bits per heavy atom. The van der Waals surface area contributed by atoms with Crippen molar-refractivity contribution in [2.75, 3.05) is 19.1 Å². The van der Waals surface area contributed by atoms with Crippen molar-refractivity contribution in [1.82, 2.24) is 0 Å². The molecule has 1 heterocycles. The Hall–Kier alpha value is -4.39. The van der Waals surface area contributed by atoms with Gasteiger partial charge in [0, 0.05) is 16.8 Å². The molecule has 0 radical (unpaired) electrons. The molecule has 1 aliphatic heterocycles. The zero-order chi connectivity index (χ0) is 26.1. The second-order valence-corrected chi connectivity index (χ2v) is 9.14. The maximum absolute atomic E-state index is 13.5. The fraction of sp³-hybridized carbons (Fsp3) is 0.233. The molecule has 0 spiro atoms. The molecule has 7 heteroatoms. The first-order chi connectivity index (χ1) is 17.9. The van der Waals surface area contributed by atoms with Gasteiger partial charge in [-0.3, -0.25) is 14.5 Å². The minimum atomic E-state index is -0.934. The number of benzene rings is 3. The van der Waals surface area contributed by atoms with Crippen LogP contribution in [-0.4, -0.2) is 37.0 Å². The van der Waals surface area contributed by atoms with E-state index in [1.807, 2.05) is 12.1 Å². The Morgan fingerprint density at radius 2 is 1.57 bits per heavy atom. The molecule has 3 aromatic rings. The average molecular weight is 498 g/mol. The number of esters is 1. The molecule has 1 fully saturated rings. The Balaban J connectivity index is 1.68. The topological polar surface area (TPSA) is 93.1 Å². The van der Waals surface area contributed by atoms with Crippen molar-refractivity contribution in [3.8, 4) is 5.75 Å². The van der Waals surface area contributed by atoms with E-state index >= 15 is 0 Å². The summed E-state index contributed by atoms with van der Waals surface area (Å²) in [6.07, 6.45) is 4.10. The molecule has 5 rings (SSSR count). The van der Waals surface area contributed by atoms with Crippen LogP contribution >= 0.6 is 0 Å². The Kier molecular flexibility index (Phi) is 6.53. The standard InChI is InChI=1S/C30H27NO6/c1-36-24-10-6-5-9-23(24)26-25(27(32)21-12-11-18-7-3-4-8-20(18)17-21)28(33)29(34)31(26)22-15-13-19(14-16-22)30(35)37-2/h5-6,9-17,26,32H,3-4,7-8H2,1-2H3/b27-25+. The molecule has 1 unspecified atom stereocenters. The number of anilines is 1. The predicted octanol–water partition coefficient (Wildman–Crippen LogP) is 4.99. The van der Waals surface area contributed by atoms with E-state index in [4.69, 9.17) is 9.47 Å². The van der Waals surface area contributed by atoms with Gasteiger partial charge in [-0.05, 0) is 73.2 Å². The number of carbonyl (C=O) groups excluding carboxylic acids is 3. The normalized spacial score (nSPS) is 18.4. The Bertz CT molecular complexity index is 1420. The quantitative estimate of drug-likeness (QED) is 0.231. The van der Waals surface area contributed by atoms with E-state index in [1.165, 1.54) is 36.8 Å².